The molecule has 0 saturated heterocycles. The second-order valence-electron chi connectivity index (χ2n) is 3.75. The fourth-order valence-corrected chi connectivity index (χ4v) is 1.56. The van der Waals surface area contributed by atoms with Crippen LogP contribution in [-0.4, -0.2) is 27.3 Å². The van der Waals surface area contributed by atoms with Crippen molar-refractivity contribution in [3.8, 4) is 0 Å². The van der Waals surface area contributed by atoms with Crippen LogP contribution in [0.3, 0.4) is 0 Å². The molecule has 0 fully saturated rings. The molecule has 0 aliphatic carbocycles. The minimum absolute atomic E-state index is 0.0305. The number of aromatic nitrogens is 3. The summed E-state index contributed by atoms with van der Waals surface area (Å²) in [7, 11) is 1.79. The molecule has 0 aliphatic heterocycles. The lowest BCUT2D eigenvalue weighted by Crippen LogP contribution is -2.25. The SMILES string of the molecule is CCCC(CN)C(=O)Cc1cn(C)nn1. The van der Waals surface area contributed by atoms with Gasteiger partial charge in [0.05, 0.1) is 12.1 Å². The number of carbonyl (C=O) groups excluding carboxylic acids is 1. The van der Waals surface area contributed by atoms with Gasteiger partial charge in [-0.25, -0.2) is 0 Å². The van der Waals surface area contributed by atoms with Crippen molar-refractivity contribution >= 4 is 5.78 Å². The van der Waals surface area contributed by atoms with Crippen LogP contribution in [0.5, 0.6) is 0 Å². The van der Waals surface area contributed by atoms with E-state index in [-0.39, 0.29) is 11.7 Å². The van der Waals surface area contributed by atoms with Crippen LogP contribution in [0.25, 0.3) is 0 Å². The first kappa shape index (κ1) is 11.8. The summed E-state index contributed by atoms with van der Waals surface area (Å²) in [6.07, 6.45) is 3.94. The molecule has 2 N–H and O–H groups in total. The summed E-state index contributed by atoms with van der Waals surface area (Å²) in [6, 6.07) is 0. The number of aryl methyl sites for hydroxylation is 1. The Bertz CT molecular complexity index is 321. The van der Waals surface area contributed by atoms with E-state index in [0.717, 1.165) is 18.5 Å². The van der Waals surface area contributed by atoms with Gasteiger partial charge in [0.15, 0.2) is 0 Å². The first-order chi connectivity index (χ1) is 7.17. The maximum Gasteiger partial charge on any atom is 0.143 e. The van der Waals surface area contributed by atoms with Crippen LogP contribution < -0.4 is 5.73 Å². The Morgan fingerprint density at radius 1 is 1.67 bits per heavy atom. The standard InChI is InChI=1S/C10H18N4O/c1-3-4-8(6-11)10(15)5-9-7-14(2)13-12-9/h7-8H,3-6,11H2,1-2H3. The monoisotopic (exact) mass is 210 g/mol. The van der Waals surface area contributed by atoms with Crippen molar-refractivity contribution in [2.45, 2.75) is 26.2 Å². The minimum atomic E-state index is -0.0305. The molecular weight excluding hydrogens is 192 g/mol. The zero-order chi connectivity index (χ0) is 11.3. The second-order valence-corrected chi connectivity index (χ2v) is 3.75. The lowest BCUT2D eigenvalue weighted by Gasteiger charge is -2.10. The Morgan fingerprint density at radius 3 is 2.87 bits per heavy atom. The number of Topliss-reactive ketones (excluding diaryl/α,β-unsaturated/α-hetero) is 1. The summed E-state index contributed by atoms with van der Waals surface area (Å²) in [5.74, 6) is 0.136. The maximum absolute atomic E-state index is 11.8. The van der Waals surface area contributed by atoms with Gasteiger partial charge in [-0.2, -0.15) is 0 Å². The van der Waals surface area contributed by atoms with Gasteiger partial charge >= 0.3 is 0 Å². The Labute approximate surface area is 89.6 Å². The first-order valence-electron chi connectivity index (χ1n) is 5.25. The van der Waals surface area contributed by atoms with Crippen LogP contribution in [-0.2, 0) is 18.3 Å². The topological polar surface area (TPSA) is 73.8 Å². The van der Waals surface area contributed by atoms with E-state index in [1.807, 2.05) is 0 Å². The van der Waals surface area contributed by atoms with E-state index in [1.54, 1.807) is 17.9 Å². The van der Waals surface area contributed by atoms with Gasteiger partial charge < -0.3 is 5.73 Å². The zero-order valence-corrected chi connectivity index (χ0v) is 9.31. The molecule has 1 rings (SSSR count). The Hall–Kier alpha value is -1.23. The normalized spacial score (nSPS) is 12.7. The van der Waals surface area contributed by atoms with Crippen molar-refractivity contribution in [3.63, 3.8) is 0 Å². The molecule has 0 amide bonds. The van der Waals surface area contributed by atoms with Crippen LogP contribution in [0.15, 0.2) is 6.20 Å². The molecule has 0 spiro atoms. The minimum Gasteiger partial charge on any atom is -0.330 e. The predicted molar refractivity (Wildman–Crippen MR) is 57.2 cm³/mol. The van der Waals surface area contributed by atoms with Crippen molar-refractivity contribution in [1.82, 2.24) is 15.0 Å². The molecule has 0 radical (unpaired) electrons. The van der Waals surface area contributed by atoms with E-state index in [2.05, 4.69) is 17.2 Å². The lowest BCUT2D eigenvalue weighted by molar-refractivity contribution is -0.122. The number of hydrogen-bond donors (Lipinski definition) is 1. The number of ketones is 1. The highest BCUT2D eigenvalue weighted by atomic mass is 16.1. The zero-order valence-electron chi connectivity index (χ0n) is 9.31. The van der Waals surface area contributed by atoms with Gasteiger partial charge in [-0.1, -0.05) is 18.6 Å². The number of nitrogens with two attached hydrogens (primary N) is 1. The third kappa shape index (κ3) is 3.43. The summed E-state index contributed by atoms with van der Waals surface area (Å²) in [4.78, 5) is 11.8. The van der Waals surface area contributed by atoms with Gasteiger partial charge in [0, 0.05) is 25.7 Å². The second kappa shape index (κ2) is 5.60. The fraction of sp³-hybridized carbons (Fsp3) is 0.700. The van der Waals surface area contributed by atoms with E-state index in [0.29, 0.717) is 13.0 Å². The summed E-state index contributed by atoms with van der Waals surface area (Å²) >= 11 is 0. The lowest BCUT2D eigenvalue weighted by atomic mass is 9.96. The molecule has 5 heteroatoms. The van der Waals surface area contributed by atoms with Gasteiger partial charge in [-0.3, -0.25) is 9.48 Å². The molecule has 0 bridgehead atoms. The molecule has 1 heterocycles. The van der Waals surface area contributed by atoms with Gasteiger partial charge in [-0.05, 0) is 6.42 Å². The summed E-state index contributed by atoms with van der Waals surface area (Å²) in [5, 5.41) is 7.67. The molecule has 84 valence electrons. The predicted octanol–water partition coefficient (Wildman–Crippen LogP) is 0.302. The number of hydrogen-bond acceptors (Lipinski definition) is 4. The third-order valence-corrected chi connectivity index (χ3v) is 2.38. The van der Waals surface area contributed by atoms with Crippen molar-refractivity contribution < 1.29 is 4.79 Å². The fourth-order valence-electron chi connectivity index (χ4n) is 1.56. The largest absolute Gasteiger partial charge is 0.330 e. The number of carbonyl (C=O) groups is 1. The van der Waals surface area contributed by atoms with E-state index >= 15 is 0 Å². The first-order valence-corrected chi connectivity index (χ1v) is 5.25. The highest BCUT2D eigenvalue weighted by Crippen LogP contribution is 2.09. The van der Waals surface area contributed by atoms with Crippen LogP contribution in [0.4, 0.5) is 0 Å². The van der Waals surface area contributed by atoms with Crippen molar-refractivity contribution in [1.29, 1.82) is 0 Å². The number of rotatable bonds is 6. The molecule has 0 aliphatic rings. The molecule has 1 atom stereocenters. The van der Waals surface area contributed by atoms with Crippen LogP contribution in [0.2, 0.25) is 0 Å². The average Bonchev–Trinajstić information content (AvgIpc) is 2.60. The van der Waals surface area contributed by atoms with Gasteiger partial charge in [0.2, 0.25) is 0 Å². The van der Waals surface area contributed by atoms with E-state index in [4.69, 9.17) is 5.73 Å². The maximum atomic E-state index is 11.8. The molecule has 0 saturated carbocycles. The molecule has 5 nitrogen and oxygen atoms in total. The third-order valence-electron chi connectivity index (χ3n) is 2.38. The van der Waals surface area contributed by atoms with E-state index in [1.165, 1.54) is 0 Å². The average molecular weight is 210 g/mol. The highest BCUT2D eigenvalue weighted by molar-refractivity contribution is 5.83. The van der Waals surface area contributed by atoms with Gasteiger partial charge in [0.25, 0.3) is 0 Å². The van der Waals surface area contributed by atoms with Crippen LogP contribution >= 0.6 is 0 Å². The molecule has 1 aromatic heterocycles. The number of nitrogens with zero attached hydrogens (tertiary/aromatic N) is 3. The van der Waals surface area contributed by atoms with Crippen molar-refractivity contribution in [2.24, 2.45) is 18.7 Å². The Balaban J connectivity index is 2.53. The summed E-state index contributed by atoms with van der Waals surface area (Å²) < 4.78 is 1.60. The molecule has 1 unspecified atom stereocenters. The molecule has 1 aromatic rings. The molecule has 0 aromatic carbocycles. The summed E-state index contributed by atoms with van der Waals surface area (Å²) in [6.45, 7) is 2.48. The Morgan fingerprint density at radius 2 is 2.40 bits per heavy atom. The quantitative estimate of drug-likeness (QED) is 0.733. The Kier molecular flexibility index (Phi) is 4.42. The van der Waals surface area contributed by atoms with Crippen molar-refractivity contribution in [2.75, 3.05) is 6.54 Å². The van der Waals surface area contributed by atoms with Crippen LogP contribution in [0.1, 0.15) is 25.5 Å². The van der Waals surface area contributed by atoms with E-state index < -0.39 is 0 Å². The van der Waals surface area contributed by atoms with E-state index in [9.17, 15) is 4.79 Å². The molecule has 15 heavy (non-hydrogen) atoms. The molecular formula is C10H18N4O. The summed E-state index contributed by atoms with van der Waals surface area (Å²) in [5.41, 5.74) is 6.28. The smallest absolute Gasteiger partial charge is 0.143 e. The highest BCUT2D eigenvalue weighted by Gasteiger charge is 2.17. The van der Waals surface area contributed by atoms with Gasteiger partial charge in [-0.15, -0.1) is 5.10 Å². The van der Waals surface area contributed by atoms with Gasteiger partial charge in [0.1, 0.15) is 5.78 Å². The van der Waals surface area contributed by atoms with Crippen LogP contribution in [0, 0.1) is 5.92 Å². The van der Waals surface area contributed by atoms with Crippen molar-refractivity contribution in [3.05, 3.63) is 11.9 Å².